The zero-order valence-corrected chi connectivity index (χ0v) is 10.8. The molecule has 0 radical (unpaired) electrons. The minimum Gasteiger partial charge on any atom is -0.476 e. The lowest BCUT2D eigenvalue weighted by Gasteiger charge is -2.04. The number of hydrogen-bond donors (Lipinski definition) is 1. The van der Waals surface area contributed by atoms with Gasteiger partial charge in [-0.3, -0.25) is 0 Å². The molecule has 7 heteroatoms. The molecule has 1 fully saturated rings. The quantitative estimate of drug-likeness (QED) is 0.938. The molecule has 1 saturated carbocycles. The van der Waals surface area contributed by atoms with Crippen molar-refractivity contribution in [3.05, 3.63) is 34.2 Å². The van der Waals surface area contributed by atoms with Crippen LogP contribution in [0.5, 0.6) is 0 Å². The molecule has 2 aromatic heterocycles. The smallest absolute Gasteiger partial charge is 0.358 e. The van der Waals surface area contributed by atoms with Gasteiger partial charge in [0.15, 0.2) is 11.5 Å². The van der Waals surface area contributed by atoms with Crippen LogP contribution in [0, 0.1) is 0 Å². The Hall–Kier alpha value is -1.76. The van der Waals surface area contributed by atoms with Crippen molar-refractivity contribution < 1.29 is 9.90 Å². The Labute approximate surface area is 111 Å². The summed E-state index contributed by atoms with van der Waals surface area (Å²) < 4.78 is 2.38. The zero-order chi connectivity index (χ0) is 12.7. The summed E-state index contributed by atoms with van der Waals surface area (Å²) in [7, 11) is 0. The van der Waals surface area contributed by atoms with Gasteiger partial charge in [0.25, 0.3) is 0 Å². The molecule has 18 heavy (non-hydrogen) atoms. The molecule has 0 aromatic carbocycles. The van der Waals surface area contributed by atoms with E-state index in [4.69, 9.17) is 5.11 Å². The minimum absolute atomic E-state index is 0.0298. The fourth-order valence-electron chi connectivity index (χ4n) is 1.83. The highest BCUT2D eigenvalue weighted by atomic mass is 79.9. The zero-order valence-electron chi connectivity index (χ0n) is 9.25. The predicted molar refractivity (Wildman–Crippen MR) is 65.8 cm³/mol. The number of rotatable bonds is 3. The number of hydrogen-bond acceptors (Lipinski definition) is 4. The summed E-state index contributed by atoms with van der Waals surface area (Å²) in [5, 5.41) is 16.7. The summed E-state index contributed by atoms with van der Waals surface area (Å²) in [5.41, 5.74) is 0.680. The Morgan fingerprint density at radius 1 is 1.44 bits per heavy atom. The van der Waals surface area contributed by atoms with E-state index in [0.29, 0.717) is 11.5 Å². The van der Waals surface area contributed by atoms with Crippen LogP contribution in [0.3, 0.4) is 0 Å². The summed E-state index contributed by atoms with van der Waals surface area (Å²) in [6, 6.07) is 3.61. The topological polar surface area (TPSA) is 80.9 Å². The number of pyridine rings is 1. The van der Waals surface area contributed by atoms with E-state index in [0.717, 1.165) is 17.3 Å². The van der Waals surface area contributed by atoms with E-state index >= 15 is 0 Å². The van der Waals surface area contributed by atoms with E-state index < -0.39 is 5.97 Å². The normalized spacial score (nSPS) is 14.7. The number of carbonyl (C=O) groups is 1. The van der Waals surface area contributed by atoms with Crippen LogP contribution in [0.1, 0.15) is 34.9 Å². The van der Waals surface area contributed by atoms with Crippen molar-refractivity contribution in [3.63, 3.8) is 0 Å². The van der Waals surface area contributed by atoms with Crippen LogP contribution in [-0.4, -0.2) is 31.1 Å². The summed E-state index contributed by atoms with van der Waals surface area (Å²) in [4.78, 5) is 15.3. The number of aromatic carboxylic acids is 1. The second-order valence-corrected chi connectivity index (χ2v) is 5.06. The lowest BCUT2D eigenvalue weighted by Crippen LogP contribution is -2.06. The fourth-order valence-corrected chi connectivity index (χ4v) is 2.06. The molecular weight excluding hydrogens is 300 g/mol. The maximum atomic E-state index is 11.1. The van der Waals surface area contributed by atoms with Gasteiger partial charge < -0.3 is 5.11 Å². The van der Waals surface area contributed by atoms with Crippen molar-refractivity contribution in [2.75, 3.05) is 0 Å². The van der Waals surface area contributed by atoms with Crippen LogP contribution in [0.2, 0.25) is 0 Å². The van der Waals surface area contributed by atoms with Crippen molar-refractivity contribution in [1.29, 1.82) is 0 Å². The van der Waals surface area contributed by atoms with Crippen molar-refractivity contribution in [2.24, 2.45) is 0 Å². The van der Waals surface area contributed by atoms with Crippen molar-refractivity contribution in [2.45, 2.75) is 18.8 Å². The monoisotopic (exact) mass is 308 g/mol. The van der Waals surface area contributed by atoms with Crippen molar-refractivity contribution in [3.8, 4) is 5.82 Å². The molecule has 0 atom stereocenters. The number of halogens is 1. The second kappa shape index (κ2) is 4.16. The molecule has 0 spiro atoms. The summed E-state index contributed by atoms with van der Waals surface area (Å²) in [6.45, 7) is 0. The Bertz CT molecular complexity index is 604. The van der Waals surface area contributed by atoms with E-state index in [-0.39, 0.29) is 11.6 Å². The van der Waals surface area contributed by atoms with Crippen LogP contribution >= 0.6 is 15.9 Å². The first-order valence-corrected chi connectivity index (χ1v) is 6.27. The molecule has 1 N–H and O–H groups in total. The SMILES string of the molecule is O=C(O)c1nnn(-c2ccc(Br)cn2)c1C1CC1. The predicted octanol–water partition coefficient (Wildman–Crippen LogP) is 2.00. The first kappa shape index (κ1) is 11.3. The first-order valence-electron chi connectivity index (χ1n) is 5.47. The summed E-state index contributed by atoms with van der Waals surface area (Å²) in [5.74, 6) is -0.225. The average molecular weight is 309 g/mol. The van der Waals surface area contributed by atoms with Gasteiger partial charge >= 0.3 is 5.97 Å². The second-order valence-electron chi connectivity index (χ2n) is 4.15. The molecule has 2 aromatic rings. The van der Waals surface area contributed by atoms with E-state index in [1.807, 2.05) is 6.07 Å². The number of carboxylic acid groups (broad SMARTS) is 1. The lowest BCUT2D eigenvalue weighted by molar-refractivity contribution is 0.0689. The van der Waals surface area contributed by atoms with Gasteiger partial charge in [0.1, 0.15) is 0 Å². The molecule has 0 unspecified atom stereocenters. The van der Waals surface area contributed by atoms with Gasteiger partial charge in [0.05, 0.1) is 5.69 Å². The number of carboxylic acids is 1. The Balaban J connectivity index is 2.11. The molecule has 1 aliphatic rings. The lowest BCUT2D eigenvalue weighted by atomic mass is 10.2. The molecule has 6 nitrogen and oxygen atoms in total. The number of aromatic nitrogens is 4. The van der Waals surface area contributed by atoms with Crippen molar-refractivity contribution >= 4 is 21.9 Å². The minimum atomic E-state index is -1.04. The third-order valence-electron chi connectivity index (χ3n) is 2.80. The van der Waals surface area contributed by atoms with E-state index in [1.165, 1.54) is 4.68 Å². The molecule has 92 valence electrons. The maximum Gasteiger partial charge on any atom is 0.358 e. The highest BCUT2D eigenvalue weighted by Gasteiger charge is 2.34. The highest BCUT2D eigenvalue weighted by Crippen LogP contribution is 2.41. The molecule has 3 rings (SSSR count). The molecule has 0 amide bonds. The molecule has 0 saturated heterocycles. The Morgan fingerprint density at radius 3 is 2.78 bits per heavy atom. The average Bonchev–Trinajstić information content (AvgIpc) is 3.09. The van der Waals surface area contributed by atoms with E-state index in [1.54, 1.807) is 12.3 Å². The van der Waals surface area contributed by atoms with E-state index in [2.05, 4.69) is 31.2 Å². The van der Waals surface area contributed by atoms with Gasteiger partial charge in [-0.15, -0.1) is 5.10 Å². The summed E-state index contributed by atoms with van der Waals surface area (Å²) in [6.07, 6.45) is 3.60. The van der Waals surface area contributed by atoms with Gasteiger partial charge in [-0.05, 0) is 40.9 Å². The largest absolute Gasteiger partial charge is 0.476 e. The third kappa shape index (κ3) is 1.90. The maximum absolute atomic E-state index is 11.1. The Morgan fingerprint density at radius 2 is 2.22 bits per heavy atom. The van der Waals surface area contributed by atoms with Crippen LogP contribution < -0.4 is 0 Å². The molecule has 2 heterocycles. The molecule has 0 bridgehead atoms. The van der Waals surface area contributed by atoms with Crippen LogP contribution in [0.25, 0.3) is 5.82 Å². The highest BCUT2D eigenvalue weighted by molar-refractivity contribution is 9.10. The van der Waals surface area contributed by atoms with E-state index in [9.17, 15) is 4.79 Å². The Kier molecular flexibility index (Phi) is 2.62. The van der Waals surface area contributed by atoms with Crippen molar-refractivity contribution in [1.82, 2.24) is 20.0 Å². The van der Waals surface area contributed by atoms with Gasteiger partial charge in [-0.25, -0.2) is 9.78 Å². The fraction of sp³-hybridized carbons (Fsp3) is 0.273. The van der Waals surface area contributed by atoms with Crippen LogP contribution in [0.15, 0.2) is 22.8 Å². The third-order valence-corrected chi connectivity index (χ3v) is 3.27. The standard InChI is InChI=1S/C11H9BrN4O2/c12-7-3-4-8(13-5-7)16-10(6-1-2-6)9(11(17)18)14-15-16/h3-6H,1-2H2,(H,17,18). The molecule has 0 aliphatic heterocycles. The summed E-state index contributed by atoms with van der Waals surface area (Å²) >= 11 is 3.30. The number of nitrogens with zero attached hydrogens (tertiary/aromatic N) is 4. The van der Waals surface area contributed by atoms with Gasteiger partial charge in [-0.2, -0.15) is 4.68 Å². The van der Waals surface area contributed by atoms with Crippen LogP contribution in [-0.2, 0) is 0 Å². The van der Waals surface area contributed by atoms with Crippen LogP contribution in [0.4, 0.5) is 0 Å². The first-order chi connectivity index (χ1) is 8.66. The van der Waals surface area contributed by atoms with Gasteiger partial charge in [-0.1, -0.05) is 5.21 Å². The molecule has 1 aliphatic carbocycles. The van der Waals surface area contributed by atoms with Gasteiger partial charge in [0.2, 0.25) is 0 Å². The van der Waals surface area contributed by atoms with Gasteiger partial charge in [0, 0.05) is 16.6 Å². The molecular formula is C11H9BrN4O2.